The molecule has 1 amide bonds. The fourth-order valence-corrected chi connectivity index (χ4v) is 3.49. The molecular formula is C17H24N4OS. The minimum atomic E-state index is -0.183. The first-order valence-corrected chi connectivity index (χ1v) is 8.56. The van der Waals surface area contributed by atoms with Crippen LogP contribution in [0.4, 0.5) is 0 Å². The molecule has 0 unspecified atom stereocenters. The Morgan fingerprint density at radius 1 is 1.13 bits per heavy atom. The highest BCUT2D eigenvalue weighted by atomic mass is 32.2. The minimum absolute atomic E-state index is 0.0982. The molecule has 23 heavy (non-hydrogen) atoms. The second-order valence-electron chi connectivity index (χ2n) is 6.22. The maximum atomic E-state index is 12.4. The predicted octanol–water partition coefficient (Wildman–Crippen LogP) is 3.09. The van der Waals surface area contributed by atoms with Crippen LogP contribution in [0.25, 0.3) is 5.69 Å². The van der Waals surface area contributed by atoms with Crippen molar-refractivity contribution in [2.45, 2.75) is 38.1 Å². The molecule has 1 aromatic carbocycles. The quantitative estimate of drug-likeness (QED) is 0.790. The molecule has 0 radical (unpaired) electrons. The monoisotopic (exact) mass is 332 g/mol. The average molecular weight is 332 g/mol. The molecular weight excluding hydrogens is 308 g/mol. The van der Waals surface area contributed by atoms with Crippen molar-refractivity contribution in [2.75, 3.05) is 14.1 Å². The Labute approximate surface area is 142 Å². The molecule has 0 N–H and O–H groups in total. The Balaban J connectivity index is 2.37. The van der Waals surface area contributed by atoms with E-state index in [2.05, 4.69) is 43.1 Å². The zero-order valence-electron chi connectivity index (χ0n) is 14.6. The van der Waals surface area contributed by atoms with Gasteiger partial charge in [-0.05, 0) is 31.9 Å². The van der Waals surface area contributed by atoms with Crippen LogP contribution in [0.1, 0.15) is 25.2 Å². The van der Waals surface area contributed by atoms with Crippen LogP contribution < -0.4 is 0 Å². The number of carbonyl (C=O) groups is 1. The van der Waals surface area contributed by atoms with Crippen molar-refractivity contribution in [3.63, 3.8) is 0 Å². The van der Waals surface area contributed by atoms with E-state index in [1.54, 1.807) is 19.0 Å². The number of amides is 1. The summed E-state index contributed by atoms with van der Waals surface area (Å²) in [5.74, 6) is 1.12. The summed E-state index contributed by atoms with van der Waals surface area (Å²) < 4.78 is 2.00. The first-order valence-electron chi connectivity index (χ1n) is 7.68. The smallest absolute Gasteiger partial charge is 0.235 e. The number of thioether (sulfide) groups is 1. The largest absolute Gasteiger partial charge is 0.348 e. The fraction of sp³-hybridized carbons (Fsp3) is 0.471. The van der Waals surface area contributed by atoms with Gasteiger partial charge in [-0.15, -0.1) is 10.2 Å². The predicted molar refractivity (Wildman–Crippen MR) is 94.0 cm³/mol. The van der Waals surface area contributed by atoms with Gasteiger partial charge in [-0.1, -0.05) is 43.3 Å². The van der Waals surface area contributed by atoms with Crippen LogP contribution in [-0.4, -0.2) is 44.9 Å². The number of nitrogens with zero attached hydrogens (tertiary/aromatic N) is 4. The Hall–Kier alpha value is -1.82. The highest BCUT2D eigenvalue weighted by Crippen LogP contribution is 2.30. The zero-order chi connectivity index (χ0) is 17.1. The molecule has 1 aromatic heterocycles. The summed E-state index contributed by atoms with van der Waals surface area (Å²) in [6, 6.07) is 8.23. The van der Waals surface area contributed by atoms with Crippen LogP contribution in [0.3, 0.4) is 0 Å². The highest BCUT2D eigenvalue weighted by molar-refractivity contribution is 8.00. The lowest BCUT2D eigenvalue weighted by Crippen LogP contribution is -2.35. The van der Waals surface area contributed by atoms with E-state index in [-0.39, 0.29) is 17.1 Å². The normalized spacial score (nSPS) is 12.5. The fourth-order valence-electron chi connectivity index (χ4n) is 2.25. The first-order chi connectivity index (χ1) is 10.8. The zero-order valence-corrected chi connectivity index (χ0v) is 15.4. The van der Waals surface area contributed by atoms with Crippen molar-refractivity contribution in [3.8, 4) is 5.69 Å². The molecule has 2 rings (SSSR count). The van der Waals surface area contributed by atoms with E-state index < -0.39 is 0 Å². The van der Waals surface area contributed by atoms with Crippen LogP contribution in [0.2, 0.25) is 0 Å². The number of aromatic nitrogens is 3. The molecule has 0 aliphatic carbocycles. The summed E-state index contributed by atoms with van der Waals surface area (Å²) in [7, 11) is 3.57. The molecule has 1 atom stereocenters. The van der Waals surface area contributed by atoms with Gasteiger partial charge < -0.3 is 4.90 Å². The molecule has 0 spiro atoms. The van der Waals surface area contributed by atoms with Crippen LogP contribution in [0.15, 0.2) is 29.4 Å². The van der Waals surface area contributed by atoms with Gasteiger partial charge in [0.1, 0.15) is 5.82 Å². The van der Waals surface area contributed by atoms with Gasteiger partial charge in [0, 0.05) is 19.8 Å². The number of hydrogen-bond donors (Lipinski definition) is 0. The SMILES string of the molecule is Cc1ccc(-n2c(C)nnc2S[C@H](C(=O)N(C)C)C(C)C)cc1. The van der Waals surface area contributed by atoms with Gasteiger partial charge in [0.15, 0.2) is 5.16 Å². The molecule has 0 aliphatic rings. The molecule has 0 bridgehead atoms. The van der Waals surface area contributed by atoms with Gasteiger partial charge in [0.25, 0.3) is 0 Å². The molecule has 5 nitrogen and oxygen atoms in total. The Kier molecular flexibility index (Phi) is 5.46. The molecule has 0 saturated heterocycles. The van der Waals surface area contributed by atoms with E-state index in [0.29, 0.717) is 0 Å². The Morgan fingerprint density at radius 3 is 2.26 bits per heavy atom. The van der Waals surface area contributed by atoms with Crippen molar-refractivity contribution in [1.29, 1.82) is 0 Å². The van der Waals surface area contributed by atoms with Crippen molar-refractivity contribution in [3.05, 3.63) is 35.7 Å². The maximum Gasteiger partial charge on any atom is 0.235 e. The number of benzene rings is 1. The summed E-state index contributed by atoms with van der Waals surface area (Å²) in [5.41, 5.74) is 2.22. The van der Waals surface area contributed by atoms with Crippen LogP contribution in [0.5, 0.6) is 0 Å². The van der Waals surface area contributed by atoms with Crippen LogP contribution >= 0.6 is 11.8 Å². The standard InChI is InChI=1S/C17H24N4OS/c1-11(2)15(16(22)20(5)6)23-17-19-18-13(4)21(17)14-9-7-12(3)8-10-14/h7-11,15H,1-6H3/t15-/m0/s1. The highest BCUT2D eigenvalue weighted by Gasteiger charge is 2.27. The van der Waals surface area contributed by atoms with Crippen molar-refractivity contribution in [1.82, 2.24) is 19.7 Å². The molecule has 6 heteroatoms. The minimum Gasteiger partial charge on any atom is -0.348 e. The van der Waals surface area contributed by atoms with Gasteiger partial charge in [0.2, 0.25) is 5.91 Å². The molecule has 2 aromatic rings. The molecule has 0 aliphatic heterocycles. The number of rotatable bonds is 5. The lowest BCUT2D eigenvalue weighted by Gasteiger charge is -2.23. The lowest BCUT2D eigenvalue weighted by atomic mass is 10.1. The van der Waals surface area contributed by atoms with E-state index in [0.717, 1.165) is 16.7 Å². The first kappa shape index (κ1) is 17.5. The molecule has 124 valence electrons. The molecule has 0 saturated carbocycles. The third-order valence-electron chi connectivity index (χ3n) is 3.61. The third-order valence-corrected chi connectivity index (χ3v) is 5.08. The summed E-state index contributed by atoms with van der Waals surface area (Å²) in [6.07, 6.45) is 0. The van der Waals surface area contributed by atoms with Gasteiger partial charge >= 0.3 is 0 Å². The van der Waals surface area contributed by atoms with Gasteiger partial charge in [0.05, 0.1) is 5.25 Å². The maximum absolute atomic E-state index is 12.4. The Bertz CT molecular complexity index is 676. The summed E-state index contributed by atoms with van der Waals surface area (Å²) in [5, 5.41) is 9.05. The van der Waals surface area contributed by atoms with E-state index >= 15 is 0 Å². The lowest BCUT2D eigenvalue weighted by molar-refractivity contribution is -0.128. The second-order valence-corrected chi connectivity index (χ2v) is 7.32. The summed E-state index contributed by atoms with van der Waals surface area (Å²) in [6.45, 7) is 8.09. The number of hydrogen-bond acceptors (Lipinski definition) is 4. The van der Waals surface area contributed by atoms with E-state index in [1.807, 2.05) is 23.6 Å². The number of aryl methyl sites for hydroxylation is 2. The van der Waals surface area contributed by atoms with Gasteiger partial charge in [-0.3, -0.25) is 9.36 Å². The topological polar surface area (TPSA) is 51.0 Å². The number of carbonyl (C=O) groups excluding carboxylic acids is 1. The van der Waals surface area contributed by atoms with E-state index in [1.165, 1.54) is 17.3 Å². The van der Waals surface area contributed by atoms with Gasteiger partial charge in [-0.2, -0.15) is 0 Å². The molecule has 1 heterocycles. The third kappa shape index (κ3) is 3.93. The van der Waals surface area contributed by atoms with E-state index in [9.17, 15) is 4.79 Å². The van der Waals surface area contributed by atoms with Crippen LogP contribution in [-0.2, 0) is 4.79 Å². The van der Waals surface area contributed by atoms with Crippen molar-refractivity contribution >= 4 is 17.7 Å². The summed E-state index contributed by atoms with van der Waals surface area (Å²) >= 11 is 1.48. The van der Waals surface area contributed by atoms with Crippen LogP contribution in [0, 0.1) is 19.8 Å². The average Bonchev–Trinajstić information content (AvgIpc) is 2.85. The van der Waals surface area contributed by atoms with Crippen molar-refractivity contribution in [2.24, 2.45) is 5.92 Å². The molecule has 0 fully saturated rings. The summed E-state index contributed by atoms with van der Waals surface area (Å²) in [4.78, 5) is 14.1. The second kappa shape index (κ2) is 7.17. The Morgan fingerprint density at radius 2 is 1.74 bits per heavy atom. The van der Waals surface area contributed by atoms with Gasteiger partial charge in [-0.25, -0.2) is 0 Å². The van der Waals surface area contributed by atoms with Crippen molar-refractivity contribution < 1.29 is 4.79 Å². The van der Waals surface area contributed by atoms with E-state index in [4.69, 9.17) is 0 Å².